The molecule has 0 radical (unpaired) electrons. The van der Waals surface area contributed by atoms with E-state index in [0.717, 1.165) is 48.0 Å². The maximum absolute atomic E-state index is 12.1. The summed E-state index contributed by atoms with van der Waals surface area (Å²) >= 11 is 0. The van der Waals surface area contributed by atoms with Crippen LogP contribution in [0.2, 0.25) is 0 Å². The number of ether oxygens (including phenoxy) is 1. The summed E-state index contributed by atoms with van der Waals surface area (Å²) in [6, 6.07) is 1.84. The van der Waals surface area contributed by atoms with E-state index in [1.807, 2.05) is 19.9 Å². The molecule has 0 aliphatic carbocycles. The van der Waals surface area contributed by atoms with Crippen molar-refractivity contribution in [2.75, 3.05) is 13.2 Å². The van der Waals surface area contributed by atoms with Gasteiger partial charge in [0.2, 0.25) is 5.91 Å². The molecule has 0 saturated carbocycles. The Balaban J connectivity index is 1.50. The third-order valence-corrected chi connectivity index (χ3v) is 4.51. The minimum absolute atomic E-state index is 0.0128. The average Bonchev–Trinajstić information content (AvgIpc) is 2.97. The molecule has 7 heteroatoms. The predicted molar refractivity (Wildman–Crippen MR) is 91.0 cm³/mol. The Bertz CT molecular complexity index is 703. The van der Waals surface area contributed by atoms with Gasteiger partial charge in [0.15, 0.2) is 0 Å². The second-order valence-corrected chi connectivity index (χ2v) is 6.40. The molecule has 0 unspecified atom stereocenters. The molecular formula is C18H24N4O3. The number of aryl methyl sites for hydroxylation is 2. The van der Waals surface area contributed by atoms with Gasteiger partial charge in [0.05, 0.1) is 24.5 Å². The van der Waals surface area contributed by atoms with Crippen LogP contribution in [0, 0.1) is 13.8 Å². The first-order valence-corrected chi connectivity index (χ1v) is 8.71. The molecule has 1 aliphatic rings. The number of aromatic nitrogens is 3. The molecule has 2 aromatic rings. The van der Waals surface area contributed by atoms with Crippen LogP contribution in [0.1, 0.15) is 53.7 Å². The lowest BCUT2D eigenvalue weighted by Gasteiger charge is -2.20. The third kappa shape index (κ3) is 4.63. The van der Waals surface area contributed by atoms with Gasteiger partial charge in [-0.05, 0) is 39.2 Å². The van der Waals surface area contributed by atoms with Crippen molar-refractivity contribution in [1.82, 2.24) is 20.4 Å². The molecule has 3 rings (SSSR count). The zero-order chi connectivity index (χ0) is 17.6. The molecular weight excluding hydrogens is 320 g/mol. The first kappa shape index (κ1) is 17.5. The molecule has 1 fully saturated rings. The van der Waals surface area contributed by atoms with E-state index in [4.69, 9.17) is 9.26 Å². The lowest BCUT2D eigenvalue weighted by molar-refractivity contribution is -0.121. The van der Waals surface area contributed by atoms with Gasteiger partial charge >= 0.3 is 0 Å². The fraction of sp³-hybridized carbons (Fsp3) is 0.556. The van der Waals surface area contributed by atoms with Gasteiger partial charge in [-0.25, -0.2) is 9.97 Å². The molecule has 0 aromatic carbocycles. The summed E-state index contributed by atoms with van der Waals surface area (Å²) in [5.41, 5.74) is 2.68. The first-order chi connectivity index (χ1) is 12.1. The molecule has 1 N–H and O–H groups in total. The third-order valence-electron chi connectivity index (χ3n) is 4.51. The lowest BCUT2D eigenvalue weighted by Crippen LogP contribution is -2.24. The molecule has 134 valence electrons. The summed E-state index contributed by atoms with van der Waals surface area (Å²) in [6.45, 7) is 5.65. The zero-order valence-corrected chi connectivity index (χ0v) is 14.7. The van der Waals surface area contributed by atoms with Crippen LogP contribution in [0.15, 0.2) is 16.8 Å². The SMILES string of the molecule is Cc1noc(C)c1CCC(=O)NCc1ccnc([C@H]2CCCOC2)n1. The number of rotatable bonds is 6. The molecule has 2 aromatic heterocycles. The summed E-state index contributed by atoms with van der Waals surface area (Å²) in [4.78, 5) is 21.0. The van der Waals surface area contributed by atoms with Crippen molar-refractivity contribution in [1.29, 1.82) is 0 Å². The Labute approximate surface area is 147 Å². The molecule has 1 aliphatic heterocycles. The maximum atomic E-state index is 12.1. The van der Waals surface area contributed by atoms with E-state index in [1.165, 1.54) is 0 Å². The largest absolute Gasteiger partial charge is 0.381 e. The van der Waals surface area contributed by atoms with E-state index in [0.29, 0.717) is 26.0 Å². The van der Waals surface area contributed by atoms with Gasteiger partial charge in [-0.15, -0.1) is 0 Å². The van der Waals surface area contributed by atoms with Crippen molar-refractivity contribution in [2.24, 2.45) is 0 Å². The van der Waals surface area contributed by atoms with E-state index in [-0.39, 0.29) is 11.8 Å². The number of amides is 1. The summed E-state index contributed by atoms with van der Waals surface area (Å²) in [5, 5.41) is 6.83. The highest BCUT2D eigenvalue weighted by Crippen LogP contribution is 2.22. The van der Waals surface area contributed by atoms with E-state index in [1.54, 1.807) is 6.20 Å². The normalized spacial score (nSPS) is 17.4. The Morgan fingerprint density at radius 3 is 3.00 bits per heavy atom. The Morgan fingerprint density at radius 2 is 2.28 bits per heavy atom. The highest BCUT2D eigenvalue weighted by molar-refractivity contribution is 5.76. The number of nitrogens with zero attached hydrogens (tertiary/aromatic N) is 3. The van der Waals surface area contributed by atoms with Crippen molar-refractivity contribution in [2.45, 2.75) is 52.0 Å². The minimum atomic E-state index is -0.0128. The topological polar surface area (TPSA) is 90.1 Å². The highest BCUT2D eigenvalue weighted by atomic mass is 16.5. The number of carbonyl (C=O) groups excluding carboxylic acids is 1. The van der Waals surface area contributed by atoms with Crippen molar-refractivity contribution in [3.63, 3.8) is 0 Å². The van der Waals surface area contributed by atoms with Gasteiger partial charge < -0.3 is 14.6 Å². The van der Waals surface area contributed by atoms with Gasteiger partial charge in [0, 0.05) is 30.7 Å². The predicted octanol–water partition coefficient (Wildman–Crippen LogP) is 2.22. The number of carbonyl (C=O) groups is 1. The number of hydrogen-bond donors (Lipinski definition) is 1. The van der Waals surface area contributed by atoms with Gasteiger partial charge in [-0.3, -0.25) is 4.79 Å². The standard InChI is InChI=1S/C18H24N4O3/c1-12-16(13(2)25-22-12)5-6-17(23)20-10-15-7-8-19-18(21-15)14-4-3-9-24-11-14/h7-8,14H,3-6,9-11H2,1-2H3,(H,20,23)/t14-/m0/s1. The van der Waals surface area contributed by atoms with Crippen LogP contribution in [-0.4, -0.2) is 34.2 Å². The Kier molecular flexibility index (Phi) is 5.75. The fourth-order valence-corrected chi connectivity index (χ4v) is 3.03. The van der Waals surface area contributed by atoms with Crippen LogP contribution in [-0.2, 0) is 22.5 Å². The molecule has 0 bridgehead atoms. The van der Waals surface area contributed by atoms with E-state index >= 15 is 0 Å². The van der Waals surface area contributed by atoms with Crippen molar-refractivity contribution in [3.05, 3.63) is 40.8 Å². The number of hydrogen-bond acceptors (Lipinski definition) is 6. The van der Waals surface area contributed by atoms with Crippen LogP contribution < -0.4 is 5.32 Å². The molecule has 3 heterocycles. The Morgan fingerprint density at radius 1 is 1.40 bits per heavy atom. The minimum Gasteiger partial charge on any atom is -0.381 e. The van der Waals surface area contributed by atoms with Crippen LogP contribution in [0.5, 0.6) is 0 Å². The summed E-state index contributed by atoms with van der Waals surface area (Å²) in [5.74, 6) is 1.83. The van der Waals surface area contributed by atoms with Crippen molar-refractivity contribution in [3.8, 4) is 0 Å². The summed E-state index contributed by atoms with van der Waals surface area (Å²) < 4.78 is 10.6. The van der Waals surface area contributed by atoms with Crippen molar-refractivity contribution >= 4 is 5.91 Å². The molecule has 25 heavy (non-hydrogen) atoms. The molecule has 0 spiro atoms. The van der Waals surface area contributed by atoms with E-state index in [2.05, 4.69) is 20.4 Å². The van der Waals surface area contributed by atoms with Crippen molar-refractivity contribution < 1.29 is 14.1 Å². The molecule has 7 nitrogen and oxygen atoms in total. The average molecular weight is 344 g/mol. The van der Waals surface area contributed by atoms with Gasteiger partial charge in [-0.2, -0.15) is 0 Å². The molecule has 1 atom stereocenters. The smallest absolute Gasteiger partial charge is 0.220 e. The fourth-order valence-electron chi connectivity index (χ4n) is 3.03. The van der Waals surface area contributed by atoms with Gasteiger partial charge in [0.1, 0.15) is 11.6 Å². The van der Waals surface area contributed by atoms with Crippen LogP contribution >= 0.6 is 0 Å². The van der Waals surface area contributed by atoms with Gasteiger partial charge in [-0.1, -0.05) is 5.16 Å². The van der Waals surface area contributed by atoms with Gasteiger partial charge in [0.25, 0.3) is 0 Å². The summed E-state index contributed by atoms with van der Waals surface area (Å²) in [7, 11) is 0. The highest BCUT2D eigenvalue weighted by Gasteiger charge is 2.19. The van der Waals surface area contributed by atoms with Crippen LogP contribution in [0.3, 0.4) is 0 Å². The summed E-state index contributed by atoms with van der Waals surface area (Å²) in [6.07, 6.45) is 4.87. The first-order valence-electron chi connectivity index (χ1n) is 8.71. The zero-order valence-electron chi connectivity index (χ0n) is 14.7. The molecule has 1 amide bonds. The van der Waals surface area contributed by atoms with Crippen LogP contribution in [0.25, 0.3) is 0 Å². The number of nitrogens with one attached hydrogen (secondary N) is 1. The quantitative estimate of drug-likeness (QED) is 0.864. The second kappa shape index (κ2) is 8.20. The Hall–Kier alpha value is -2.28. The van der Waals surface area contributed by atoms with Crippen LogP contribution in [0.4, 0.5) is 0 Å². The molecule has 1 saturated heterocycles. The monoisotopic (exact) mass is 344 g/mol. The second-order valence-electron chi connectivity index (χ2n) is 6.40. The maximum Gasteiger partial charge on any atom is 0.220 e. The van der Waals surface area contributed by atoms with E-state index < -0.39 is 0 Å². The lowest BCUT2D eigenvalue weighted by atomic mass is 10.0. The van der Waals surface area contributed by atoms with E-state index in [9.17, 15) is 4.79 Å².